The second kappa shape index (κ2) is 7.16. The summed E-state index contributed by atoms with van der Waals surface area (Å²) < 4.78 is 7.51. The fourth-order valence-electron chi connectivity index (χ4n) is 3.32. The number of aromatic nitrogens is 1. The average molecular weight is 409 g/mol. The van der Waals surface area contributed by atoms with Crippen molar-refractivity contribution in [1.82, 2.24) is 4.98 Å². The first-order chi connectivity index (χ1) is 10.7. The van der Waals surface area contributed by atoms with Crippen molar-refractivity contribution in [3.63, 3.8) is 0 Å². The van der Waals surface area contributed by atoms with Gasteiger partial charge < -0.3 is 4.74 Å². The molecule has 1 aliphatic rings. The van der Waals surface area contributed by atoms with Gasteiger partial charge in [-0.15, -0.1) is 0 Å². The van der Waals surface area contributed by atoms with Gasteiger partial charge in [0.15, 0.2) is 0 Å². The van der Waals surface area contributed by atoms with Crippen molar-refractivity contribution in [2.45, 2.75) is 58.5 Å². The van der Waals surface area contributed by atoms with Crippen molar-refractivity contribution in [2.24, 2.45) is 5.92 Å². The molecule has 118 valence electrons. The monoisotopic (exact) mass is 409 g/mol. The summed E-state index contributed by atoms with van der Waals surface area (Å²) in [6.45, 7) is 4.44. The Morgan fingerprint density at radius 1 is 1.09 bits per heavy atom. The van der Waals surface area contributed by atoms with Crippen LogP contribution >= 0.6 is 22.6 Å². The summed E-state index contributed by atoms with van der Waals surface area (Å²) in [6, 6.07) is 8.51. The predicted octanol–water partition coefficient (Wildman–Crippen LogP) is 5.75. The number of nitrogens with zero attached hydrogens (tertiary/aromatic N) is 1. The normalized spacial score (nSPS) is 22.0. The van der Waals surface area contributed by atoms with Crippen molar-refractivity contribution in [2.75, 3.05) is 0 Å². The van der Waals surface area contributed by atoms with E-state index in [0.29, 0.717) is 6.10 Å². The molecule has 3 rings (SSSR count). The molecular weight excluding hydrogens is 385 g/mol. The number of pyridine rings is 1. The maximum absolute atomic E-state index is 6.31. The van der Waals surface area contributed by atoms with Crippen LogP contribution in [0.3, 0.4) is 0 Å². The Bertz CT molecular complexity index is 647. The van der Waals surface area contributed by atoms with E-state index in [-0.39, 0.29) is 0 Å². The molecule has 1 aliphatic carbocycles. The average Bonchev–Trinajstić information content (AvgIpc) is 2.57. The molecule has 3 heteroatoms. The molecule has 1 heterocycles. The van der Waals surface area contributed by atoms with Gasteiger partial charge in [-0.2, -0.15) is 0 Å². The Morgan fingerprint density at radius 2 is 1.86 bits per heavy atom. The zero-order chi connectivity index (χ0) is 15.5. The molecule has 0 bridgehead atoms. The third-order valence-electron chi connectivity index (χ3n) is 4.85. The molecule has 0 atom stereocenters. The lowest BCUT2D eigenvalue weighted by atomic mass is 9.86. The van der Waals surface area contributed by atoms with Crippen molar-refractivity contribution in [3.8, 4) is 5.75 Å². The molecule has 0 spiro atoms. The number of fused-ring (bicyclic) bond motifs is 1. The van der Waals surface area contributed by atoms with E-state index in [0.717, 1.165) is 29.3 Å². The van der Waals surface area contributed by atoms with E-state index in [9.17, 15) is 0 Å². The number of hydrogen-bond donors (Lipinski definition) is 0. The maximum Gasteiger partial charge on any atom is 0.133 e. The van der Waals surface area contributed by atoms with Crippen LogP contribution in [0, 0.1) is 9.49 Å². The van der Waals surface area contributed by atoms with Gasteiger partial charge in [0.05, 0.1) is 15.2 Å². The minimum absolute atomic E-state index is 0.386. The van der Waals surface area contributed by atoms with Crippen LogP contribution in [-0.2, 0) is 6.42 Å². The Hall–Kier alpha value is -0.840. The van der Waals surface area contributed by atoms with E-state index in [1.54, 1.807) is 0 Å². The van der Waals surface area contributed by atoms with Gasteiger partial charge in [-0.1, -0.05) is 20.3 Å². The van der Waals surface area contributed by atoms with Crippen LogP contribution in [0.1, 0.15) is 51.6 Å². The van der Waals surface area contributed by atoms with Gasteiger partial charge in [0.1, 0.15) is 5.75 Å². The van der Waals surface area contributed by atoms with Gasteiger partial charge in [0.2, 0.25) is 0 Å². The quantitative estimate of drug-likeness (QED) is 0.600. The molecule has 1 fully saturated rings. The molecular formula is C19H24INO. The summed E-state index contributed by atoms with van der Waals surface area (Å²) in [5.41, 5.74) is 2.22. The third kappa shape index (κ3) is 3.39. The van der Waals surface area contributed by atoms with Crippen molar-refractivity contribution >= 4 is 33.5 Å². The minimum atomic E-state index is 0.386. The van der Waals surface area contributed by atoms with Crippen LogP contribution < -0.4 is 4.74 Å². The smallest absolute Gasteiger partial charge is 0.133 e. The van der Waals surface area contributed by atoms with Gasteiger partial charge in [-0.25, -0.2) is 0 Å². The highest BCUT2D eigenvalue weighted by atomic mass is 127. The molecule has 0 amide bonds. The lowest BCUT2D eigenvalue weighted by molar-refractivity contribution is 0.129. The van der Waals surface area contributed by atoms with Gasteiger partial charge in [-0.05, 0) is 84.9 Å². The lowest BCUT2D eigenvalue weighted by Gasteiger charge is -2.28. The molecule has 1 aromatic heterocycles. The summed E-state index contributed by atoms with van der Waals surface area (Å²) in [5, 5.41) is 1.21. The number of aryl methyl sites for hydroxylation is 1. The van der Waals surface area contributed by atoms with Crippen LogP contribution in [-0.4, -0.2) is 11.1 Å². The topological polar surface area (TPSA) is 22.1 Å². The summed E-state index contributed by atoms with van der Waals surface area (Å²) >= 11 is 2.41. The third-order valence-corrected chi connectivity index (χ3v) is 5.97. The van der Waals surface area contributed by atoms with Crippen molar-refractivity contribution in [1.29, 1.82) is 0 Å². The fourth-order valence-corrected chi connectivity index (χ4v) is 4.08. The van der Waals surface area contributed by atoms with Gasteiger partial charge in [-0.3, -0.25) is 4.98 Å². The Morgan fingerprint density at radius 3 is 2.55 bits per heavy atom. The predicted molar refractivity (Wildman–Crippen MR) is 101 cm³/mol. The van der Waals surface area contributed by atoms with Crippen LogP contribution in [0.5, 0.6) is 5.75 Å². The second-order valence-electron chi connectivity index (χ2n) is 6.27. The van der Waals surface area contributed by atoms with E-state index in [1.807, 2.05) is 0 Å². The van der Waals surface area contributed by atoms with E-state index >= 15 is 0 Å². The number of hydrogen-bond acceptors (Lipinski definition) is 2. The largest absolute Gasteiger partial charge is 0.489 e. The van der Waals surface area contributed by atoms with Crippen LogP contribution in [0.25, 0.3) is 10.9 Å². The highest BCUT2D eigenvalue weighted by Crippen LogP contribution is 2.33. The first kappa shape index (κ1) is 16.0. The van der Waals surface area contributed by atoms with E-state index in [4.69, 9.17) is 9.72 Å². The molecule has 1 saturated carbocycles. The number of ether oxygens (including phenoxy) is 1. The zero-order valence-electron chi connectivity index (χ0n) is 13.4. The van der Waals surface area contributed by atoms with E-state index in [1.165, 1.54) is 41.1 Å². The van der Waals surface area contributed by atoms with Gasteiger partial charge >= 0.3 is 0 Å². The summed E-state index contributed by atoms with van der Waals surface area (Å²) in [5.74, 6) is 1.94. The number of halogens is 1. The summed E-state index contributed by atoms with van der Waals surface area (Å²) in [4.78, 5) is 4.70. The first-order valence-corrected chi connectivity index (χ1v) is 9.54. The van der Waals surface area contributed by atoms with Crippen LogP contribution in [0.4, 0.5) is 0 Å². The Kier molecular flexibility index (Phi) is 5.21. The Labute approximate surface area is 146 Å². The molecule has 0 saturated heterocycles. The molecule has 0 aliphatic heterocycles. The van der Waals surface area contributed by atoms with E-state index in [2.05, 4.69) is 60.7 Å². The zero-order valence-corrected chi connectivity index (χ0v) is 15.6. The minimum Gasteiger partial charge on any atom is -0.489 e. The van der Waals surface area contributed by atoms with Crippen LogP contribution in [0.15, 0.2) is 24.3 Å². The molecule has 1 aromatic carbocycles. The SMILES string of the molecule is CCc1ccc2c(I)c(O[C@H]3CC[C@@H](CC)CC3)ccc2n1. The van der Waals surface area contributed by atoms with E-state index < -0.39 is 0 Å². The van der Waals surface area contributed by atoms with Crippen LogP contribution in [0.2, 0.25) is 0 Å². The first-order valence-electron chi connectivity index (χ1n) is 8.46. The molecule has 22 heavy (non-hydrogen) atoms. The maximum atomic E-state index is 6.31. The highest BCUT2D eigenvalue weighted by Gasteiger charge is 2.22. The van der Waals surface area contributed by atoms with Gasteiger partial charge in [0.25, 0.3) is 0 Å². The summed E-state index contributed by atoms with van der Waals surface area (Å²) in [6.07, 6.45) is 7.69. The molecule has 0 unspecified atom stereocenters. The fraction of sp³-hybridized carbons (Fsp3) is 0.526. The number of rotatable bonds is 4. The Balaban J connectivity index is 1.78. The standard InChI is InChI=1S/C19H24INO/c1-3-13-5-8-15(9-6-13)22-18-12-11-17-16(19(18)20)10-7-14(4-2)21-17/h7,10-13,15H,3-6,8-9H2,1-2H3/t13-,15+. The van der Waals surface area contributed by atoms with Crippen molar-refractivity contribution < 1.29 is 4.74 Å². The van der Waals surface area contributed by atoms with Gasteiger partial charge in [0, 0.05) is 11.1 Å². The molecule has 0 N–H and O–H groups in total. The molecule has 2 nitrogen and oxygen atoms in total. The molecule has 0 radical (unpaired) electrons. The summed E-state index contributed by atoms with van der Waals surface area (Å²) in [7, 11) is 0. The lowest BCUT2D eigenvalue weighted by Crippen LogP contribution is -2.24. The molecule has 2 aromatic rings. The highest BCUT2D eigenvalue weighted by molar-refractivity contribution is 14.1. The van der Waals surface area contributed by atoms with Crippen molar-refractivity contribution in [3.05, 3.63) is 33.5 Å². The second-order valence-corrected chi connectivity index (χ2v) is 7.35. The number of benzene rings is 1.